The van der Waals surface area contributed by atoms with E-state index in [0.717, 1.165) is 42.5 Å². The summed E-state index contributed by atoms with van der Waals surface area (Å²) >= 11 is 1.59. The third kappa shape index (κ3) is 3.66. The summed E-state index contributed by atoms with van der Waals surface area (Å²) in [5, 5.41) is 7.43. The van der Waals surface area contributed by atoms with Gasteiger partial charge in [-0.3, -0.25) is 4.79 Å². The molecule has 1 atom stereocenters. The summed E-state index contributed by atoms with van der Waals surface area (Å²) in [6.45, 7) is 9.68. The number of hydrogen-bond acceptors (Lipinski definition) is 5. The van der Waals surface area contributed by atoms with Crippen LogP contribution in [0.25, 0.3) is 0 Å². The van der Waals surface area contributed by atoms with E-state index in [-0.39, 0.29) is 11.9 Å². The van der Waals surface area contributed by atoms with Crippen LogP contribution in [0.4, 0.5) is 0 Å². The molecule has 0 radical (unpaired) electrons. The number of aryl methyl sites for hydroxylation is 2. The molecule has 0 spiro atoms. The van der Waals surface area contributed by atoms with Crippen molar-refractivity contribution >= 4 is 17.2 Å². The zero-order chi connectivity index (χ0) is 17.3. The summed E-state index contributed by atoms with van der Waals surface area (Å²) in [5.41, 5.74) is 0.586. The standard InChI is InChI=1S/C17H25N5OS/c1-11(2)8-16-19-15(10-24-16)17(23)21-7-5-6-14(9-21)22-13(4)18-12(3)20-22/h10-11,14H,5-9H2,1-4H3/t14-/m1/s1. The molecular weight excluding hydrogens is 322 g/mol. The van der Waals surface area contributed by atoms with Crippen molar-refractivity contribution in [1.82, 2.24) is 24.6 Å². The highest BCUT2D eigenvalue weighted by atomic mass is 32.1. The molecule has 7 heteroatoms. The molecule has 6 nitrogen and oxygen atoms in total. The number of carbonyl (C=O) groups excluding carboxylic acids is 1. The Bertz CT molecular complexity index is 720. The average molecular weight is 347 g/mol. The van der Waals surface area contributed by atoms with Gasteiger partial charge in [0.05, 0.1) is 11.0 Å². The molecule has 3 rings (SSSR count). The molecule has 1 fully saturated rings. The second-order valence-electron chi connectivity index (χ2n) is 6.92. The molecule has 1 amide bonds. The molecule has 2 aromatic heterocycles. The molecule has 2 aromatic rings. The molecule has 0 saturated carbocycles. The Balaban J connectivity index is 1.71. The lowest BCUT2D eigenvalue weighted by Crippen LogP contribution is -2.41. The van der Waals surface area contributed by atoms with Crippen LogP contribution in [0, 0.1) is 19.8 Å². The van der Waals surface area contributed by atoms with Crippen molar-refractivity contribution in [2.75, 3.05) is 13.1 Å². The summed E-state index contributed by atoms with van der Waals surface area (Å²) in [6.07, 6.45) is 2.94. The number of rotatable bonds is 4. The Morgan fingerprint density at radius 1 is 1.38 bits per heavy atom. The van der Waals surface area contributed by atoms with Crippen LogP contribution in [-0.2, 0) is 6.42 Å². The van der Waals surface area contributed by atoms with Crippen LogP contribution in [0.1, 0.15) is 59.9 Å². The molecule has 1 aliphatic rings. The van der Waals surface area contributed by atoms with Gasteiger partial charge in [0.25, 0.3) is 5.91 Å². The zero-order valence-electron chi connectivity index (χ0n) is 14.8. The number of carbonyl (C=O) groups is 1. The first-order valence-corrected chi connectivity index (χ1v) is 9.45. The fourth-order valence-electron chi connectivity index (χ4n) is 3.23. The number of piperidine rings is 1. The summed E-state index contributed by atoms with van der Waals surface area (Å²) in [7, 11) is 0. The minimum atomic E-state index is 0.0421. The molecule has 130 valence electrons. The monoisotopic (exact) mass is 347 g/mol. The van der Waals surface area contributed by atoms with Gasteiger partial charge < -0.3 is 4.90 Å². The van der Waals surface area contributed by atoms with Crippen LogP contribution in [0.15, 0.2) is 5.38 Å². The molecule has 0 N–H and O–H groups in total. The lowest BCUT2D eigenvalue weighted by Gasteiger charge is -2.32. The first kappa shape index (κ1) is 17.1. The first-order valence-electron chi connectivity index (χ1n) is 8.57. The van der Waals surface area contributed by atoms with E-state index in [1.807, 2.05) is 28.8 Å². The Morgan fingerprint density at radius 2 is 2.17 bits per heavy atom. The largest absolute Gasteiger partial charge is 0.335 e. The molecule has 1 saturated heterocycles. The van der Waals surface area contributed by atoms with Gasteiger partial charge in [0.1, 0.15) is 17.3 Å². The fraction of sp³-hybridized carbons (Fsp3) is 0.647. The Hall–Kier alpha value is -1.76. The number of amides is 1. The van der Waals surface area contributed by atoms with Crippen molar-refractivity contribution in [2.24, 2.45) is 5.92 Å². The van der Waals surface area contributed by atoms with Crippen molar-refractivity contribution < 1.29 is 4.79 Å². The highest BCUT2D eigenvalue weighted by Crippen LogP contribution is 2.24. The van der Waals surface area contributed by atoms with Gasteiger partial charge in [0.2, 0.25) is 0 Å². The molecule has 0 aliphatic carbocycles. The molecule has 24 heavy (non-hydrogen) atoms. The van der Waals surface area contributed by atoms with E-state index in [9.17, 15) is 4.79 Å². The third-order valence-electron chi connectivity index (χ3n) is 4.29. The Kier molecular flexibility index (Phi) is 4.99. The highest BCUT2D eigenvalue weighted by Gasteiger charge is 2.28. The van der Waals surface area contributed by atoms with Gasteiger partial charge >= 0.3 is 0 Å². The van der Waals surface area contributed by atoms with Gasteiger partial charge in [-0.05, 0) is 32.6 Å². The van der Waals surface area contributed by atoms with Gasteiger partial charge in [-0.2, -0.15) is 5.10 Å². The van der Waals surface area contributed by atoms with Crippen LogP contribution in [0.2, 0.25) is 0 Å². The van der Waals surface area contributed by atoms with Gasteiger partial charge in [0, 0.05) is 24.9 Å². The fourth-order valence-corrected chi connectivity index (χ4v) is 4.22. The topological polar surface area (TPSA) is 63.9 Å². The van der Waals surface area contributed by atoms with Crippen molar-refractivity contribution in [2.45, 2.75) is 53.0 Å². The second kappa shape index (κ2) is 7.01. The molecule has 3 heterocycles. The molecular formula is C17H25N5OS. The van der Waals surface area contributed by atoms with Gasteiger partial charge in [-0.1, -0.05) is 13.8 Å². The van der Waals surface area contributed by atoms with Crippen LogP contribution >= 0.6 is 11.3 Å². The van der Waals surface area contributed by atoms with Crippen molar-refractivity contribution in [3.8, 4) is 0 Å². The van der Waals surface area contributed by atoms with Crippen molar-refractivity contribution in [1.29, 1.82) is 0 Å². The lowest BCUT2D eigenvalue weighted by atomic mass is 10.1. The maximum Gasteiger partial charge on any atom is 0.273 e. The van der Waals surface area contributed by atoms with E-state index in [2.05, 4.69) is 28.9 Å². The summed E-state index contributed by atoms with van der Waals surface area (Å²) in [4.78, 5) is 23.6. The highest BCUT2D eigenvalue weighted by molar-refractivity contribution is 7.09. The Morgan fingerprint density at radius 3 is 2.83 bits per heavy atom. The lowest BCUT2D eigenvalue weighted by molar-refractivity contribution is 0.0666. The quantitative estimate of drug-likeness (QED) is 0.853. The number of thiazole rings is 1. The maximum absolute atomic E-state index is 12.8. The van der Waals surface area contributed by atoms with Gasteiger partial charge in [0.15, 0.2) is 0 Å². The van der Waals surface area contributed by atoms with E-state index >= 15 is 0 Å². The average Bonchev–Trinajstić information content (AvgIpc) is 3.12. The number of hydrogen-bond donors (Lipinski definition) is 0. The van der Waals surface area contributed by atoms with Gasteiger partial charge in [-0.25, -0.2) is 14.6 Å². The van der Waals surface area contributed by atoms with Crippen molar-refractivity contribution in [3.63, 3.8) is 0 Å². The maximum atomic E-state index is 12.8. The van der Waals surface area contributed by atoms with Crippen molar-refractivity contribution in [3.05, 3.63) is 27.7 Å². The van der Waals surface area contributed by atoms with Crippen LogP contribution in [-0.4, -0.2) is 43.6 Å². The molecule has 0 unspecified atom stereocenters. The molecule has 0 bridgehead atoms. The van der Waals surface area contributed by atoms with Crippen LogP contribution in [0.3, 0.4) is 0 Å². The SMILES string of the molecule is Cc1nc(C)n([C@@H]2CCCN(C(=O)c3csc(CC(C)C)n3)C2)n1. The predicted molar refractivity (Wildman–Crippen MR) is 94.3 cm³/mol. The van der Waals surface area contributed by atoms with Gasteiger partial charge in [-0.15, -0.1) is 11.3 Å². The normalized spacial score (nSPS) is 18.4. The number of aromatic nitrogens is 4. The van der Waals surface area contributed by atoms with Crippen LogP contribution < -0.4 is 0 Å². The van der Waals surface area contributed by atoms with E-state index in [0.29, 0.717) is 18.2 Å². The minimum absolute atomic E-state index is 0.0421. The van der Waals surface area contributed by atoms with Crippen LogP contribution in [0.5, 0.6) is 0 Å². The van der Waals surface area contributed by atoms with E-state index in [4.69, 9.17) is 0 Å². The molecule has 1 aliphatic heterocycles. The third-order valence-corrected chi connectivity index (χ3v) is 5.16. The smallest absolute Gasteiger partial charge is 0.273 e. The summed E-state index contributed by atoms with van der Waals surface area (Å²) < 4.78 is 1.97. The summed E-state index contributed by atoms with van der Waals surface area (Å²) in [5.74, 6) is 2.30. The zero-order valence-corrected chi connectivity index (χ0v) is 15.6. The van der Waals surface area contributed by atoms with E-state index in [1.165, 1.54) is 0 Å². The predicted octanol–water partition coefficient (Wildman–Crippen LogP) is 3.03. The Labute approximate surface area is 146 Å². The first-order chi connectivity index (χ1) is 11.4. The summed E-state index contributed by atoms with van der Waals surface area (Å²) in [6, 6.07) is 0.206. The second-order valence-corrected chi connectivity index (χ2v) is 7.87. The van der Waals surface area contributed by atoms with E-state index in [1.54, 1.807) is 11.3 Å². The minimum Gasteiger partial charge on any atom is -0.335 e. The van der Waals surface area contributed by atoms with E-state index < -0.39 is 0 Å². The number of nitrogens with zero attached hydrogens (tertiary/aromatic N) is 5. The number of likely N-dealkylation sites (tertiary alicyclic amines) is 1. The molecule has 0 aromatic carbocycles.